The zero-order chi connectivity index (χ0) is 31.9. The fourth-order valence-corrected chi connectivity index (χ4v) is 6.08. The van der Waals surface area contributed by atoms with Crippen molar-refractivity contribution >= 4 is 39.1 Å². The summed E-state index contributed by atoms with van der Waals surface area (Å²) in [5.41, 5.74) is -2.16. The van der Waals surface area contributed by atoms with Crippen molar-refractivity contribution in [2.24, 2.45) is 11.1 Å². The van der Waals surface area contributed by atoms with Crippen molar-refractivity contribution in [3.63, 3.8) is 0 Å². The van der Waals surface area contributed by atoms with Crippen molar-refractivity contribution in [2.75, 3.05) is 33.6 Å². The number of aliphatic hydroxyl groups excluding tert-OH is 1. The summed E-state index contributed by atoms with van der Waals surface area (Å²) in [6, 6.07) is 5.49. The number of nitrogens with two attached hydrogens (primary N) is 1. The minimum atomic E-state index is -3.87. The van der Waals surface area contributed by atoms with E-state index in [4.69, 9.17) is 35.7 Å². The number of methoxy groups -OCH3 is 3. The number of Topliss-reactive ketones (excluding diaryl/α,β-unsaturated/α-hetero) is 2. The Balaban J connectivity index is 1.88. The summed E-state index contributed by atoms with van der Waals surface area (Å²) in [7, 11) is 0.134. The number of amides is 1. The summed E-state index contributed by atoms with van der Waals surface area (Å²) in [5.74, 6) is -5.35. The molecule has 1 aliphatic carbocycles. The third-order valence-corrected chi connectivity index (χ3v) is 8.70. The minimum absolute atomic E-state index is 0.0211. The molecule has 1 heterocycles. The van der Waals surface area contributed by atoms with Crippen molar-refractivity contribution < 1.29 is 52.0 Å². The maximum absolute atomic E-state index is 14.1. The molecule has 5 N–H and O–H groups in total. The zero-order valence-corrected chi connectivity index (χ0v) is 25.3. The van der Waals surface area contributed by atoms with Crippen molar-refractivity contribution in [3.8, 4) is 28.7 Å². The van der Waals surface area contributed by atoms with Crippen LogP contribution in [0, 0.1) is 5.92 Å². The van der Waals surface area contributed by atoms with E-state index in [1.807, 2.05) is 0 Å². The van der Waals surface area contributed by atoms with Crippen LogP contribution in [0.5, 0.6) is 28.7 Å². The summed E-state index contributed by atoms with van der Waals surface area (Å²) >= 11 is 6.50. The molecule has 13 nitrogen and oxygen atoms in total. The number of ketones is 2. The quantitative estimate of drug-likeness (QED) is 0.298. The molecule has 3 unspecified atom stereocenters. The van der Waals surface area contributed by atoms with Gasteiger partial charge in [0.05, 0.1) is 27.1 Å². The molecule has 2 aliphatic rings. The number of rotatable bonds is 10. The van der Waals surface area contributed by atoms with E-state index in [-0.39, 0.29) is 63.4 Å². The Hall–Kier alpha value is -4.01. The molecule has 232 valence electrons. The largest absolute Gasteiger partial charge is 0.507 e. The lowest BCUT2D eigenvalue weighted by Gasteiger charge is -2.38. The van der Waals surface area contributed by atoms with Gasteiger partial charge >= 0.3 is 0 Å². The number of hydrogen-bond acceptors (Lipinski definition) is 11. The van der Waals surface area contributed by atoms with Gasteiger partial charge in [0.1, 0.15) is 22.1 Å². The molecule has 0 saturated heterocycles. The van der Waals surface area contributed by atoms with Crippen LogP contribution in [0.2, 0.25) is 5.02 Å². The van der Waals surface area contributed by atoms with Crippen LogP contribution in [0.3, 0.4) is 0 Å². The molecule has 2 aromatic rings. The van der Waals surface area contributed by atoms with E-state index in [2.05, 4.69) is 5.32 Å². The van der Waals surface area contributed by atoms with E-state index in [1.165, 1.54) is 45.6 Å². The number of carbonyl (C=O) groups is 3. The van der Waals surface area contributed by atoms with Gasteiger partial charge in [0.15, 0.2) is 28.8 Å². The lowest BCUT2D eigenvalue weighted by atomic mass is 9.69. The molecule has 0 fully saturated rings. The number of ether oxygens (including phenoxy) is 4. The van der Waals surface area contributed by atoms with Gasteiger partial charge in [0.2, 0.25) is 27.3 Å². The van der Waals surface area contributed by atoms with Gasteiger partial charge in [0.25, 0.3) is 0 Å². The van der Waals surface area contributed by atoms with Crippen molar-refractivity contribution in [1.29, 1.82) is 0 Å². The number of aliphatic hydroxyl groups is 1. The second-order valence-electron chi connectivity index (χ2n) is 10.2. The highest BCUT2D eigenvalue weighted by Crippen LogP contribution is 2.56. The topological polar surface area (TPSA) is 201 Å². The molecule has 1 amide bonds. The van der Waals surface area contributed by atoms with E-state index in [1.54, 1.807) is 6.92 Å². The number of phenols is 1. The number of fused-ring (bicyclic) bond motifs is 1. The van der Waals surface area contributed by atoms with Gasteiger partial charge in [-0.1, -0.05) is 24.6 Å². The predicted molar refractivity (Wildman–Crippen MR) is 154 cm³/mol. The van der Waals surface area contributed by atoms with Gasteiger partial charge in [-0.25, -0.2) is 13.6 Å². The summed E-state index contributed by atoms with van der Waals surface area (Å²) < 4.78 is 44.7. The van der Waals surface area contributed by atoms with E-state index in [0.29, 0.717) is 0 Å². The van der Waals surface area contributed by atoms with Crippen LogP contribution in [-0.4, -0.2) is 75.3 Å². The number of carbonyl (C=O) groups excluding carboxylic acids is 3. The van der Waals surface area contributed by atoms with Crippen molar-refractivity contribution in [2.45, 2.75) is 31.3 Å². The first kappa shape index (κ1) is 31.9. The van der Waals surface area contributed by atoms with Gasteiger partial charge in [-0.05, 0) is 17.7 Å². The molecule has 1 spiro atoms. The minimum Gasteiger partial charge on any atom is -0.507 e. The normalized spacial score (nSPS) is 20.5. The molecule has 0 radical (unpaired) electrons. The van der Waals surface area contributed by atoms with Crippen LogP contribution in [0.25, 0.3) is 0 Å². The number of sulfonamides is 1. The Kier molecular flexibility index (Phi) is 8.86. The van der Waals surface area contributed by atoms with Crippen LogP contribution in [0.4, 0.5) is 0 Å². The monoisotopic (exact) mass is 638 g/mol. The average Bonchev–Trinajstić information content (AvgIpc) is 3.26. The molecular formula is C28H31ClN2O11S. The second kappa shape index (κ2) is 11.9. The highest BCUT2D eigenvalue weighted by atomic mass is 35.5. The van der Waals surface area contributed by atoms with E-state index >= 15 is 0 Å². The SMILES string of the molecule is COc1cc(C(CC(=O)NCCS(N)(=O)=O)C2=C(O)C3(Oc4c(Cl)c(OC)cc(OC)c4C3=O)C(C)CC2=O)ccc1O. The van der Waals surface area contributed by atoms with Crippen LogP contribution in [0.1, 0.15) is 41.6 Å². The first-order chi connectivity index (χ1) is 20.2. The summed E-state index contributed by atoms with van der Waals surface area (Å²) in [6.07, 6.45) is -0.720. The molecule has 0 bridgehead atoms. The van der Waals surface area contributed by atoms with Gasteiger partial charge in [-0.3, -0.25) is 14.4 Å². The second-order valence-corrected chi connectivity index (χ2v) is 12.3. The summed E-state index contributed by atoms with van der Waals surface area (Å²) in [5, 5.41) is 29.4. The number of hydrogen-bond donors (Lipinski definition) is 4. The maximum atomic E-state index is 14.1. The van der Waals surface area contributed by atoms with E-state index < -0.39 is 62.9 Å². The fourth-order valence-electron chi connectivity index (χ4n) is 5.43. The summed E-state index contributed by atoms with van der Waals surface area (Å²) in [6.45, 7) is 1.26. The average molecular weight is 639 g/mol. The number of aromatic hydroxyl groups is 1. The molecule has 15 heteroatoms. The number of halogens is 1. The zero-order valence-electron chi connectivity index (χ0n) is 23.7. The molecule has 0 aromatic heterocycles. The Bertz CT molecular complexity index is 1640. The number of primary sulfonamides is 1. The smallest absolute Gasteiger partial charge is 0.231 e. The van der Waals surface area contributed by atoms with Gasteiger partial charge in [-0.15, -0.1) is 0 Å². The number of benzene rings is 2. The molecule has 4 rings (SSSR count). The van der Waals surface area contributed by atoms with Crippen LogP contribution < -0.4 is 29.4 Å². The molecule has 0 saturated carbocycles. The molecule has 43 heavy (non-hydrogen) atoms. The van der Waals surface area contributed by atoms with Crippen LogP contribution in [-0.2, 0) is 19.6 Å². The van der Waals surface area contributed by atoms with Crippen LogP contribution >= 0.6 is 11.6 Å². The molecule has 2 aromatic carbocycles. The standard InChI is InChI=1S/C28H31ClN2O11S/c1-13-9-17(33)22(26(35)28(13)27(36)23-19(40-3)12-20(41-4)24(29)25(23)42-28)15(11-21(34)31-7-8-43(30,37)38)14-5-6-16(32)18(10-14)39-2/h5-6,10,12-13,15,32,35H,7-9,11H2,1-4H3,(H,31,34)(H2,30,37,38). The maximum Gasteiger partial charge on any atom is 0.231 e. The number of nitrogens with one attached hydrogen (secondary N) is 1. The Morgan fingerprint density at radius 3 is 2.40 bits per heavy atom. The highest BCUT2D eigenvalue weighted by Gasteiger charge is 2.61. The van der Waals surface area contributed by atoms with Gasteiger partial charge in [-0.2, -0.15) is 0 Å². The number of phenolic OH excluding ortho intramolecular Hbond substituents is 1. The van der Waals surface area contributed by atoms with Crippen LogP contribution in [0.15, 0.2) is 35.6 Å². The third kappa shape index (κ3) is 5.69. The lowest BCUT2D eigenvalue weighted by molar-refractivity contribution is -0.121. The first-order valence-corrected chi connectivity index (χ1v) is 15.1. The third-order valence-electron chi connectivity index (χ3n) is 7.56. The van der Waals surface area contributed by atoms with Crippen molar-refractivity contribution in [1.82, 2.24) is 5.32 Å². The number of allylic oxidation sites excluding steroid dienone is 1. The molecular weight excluding hydrogens is 608 g/mol. The Morgan fingerprint density at radius 1 is 1.14 bits per heavy atom. The van der Waals surface area contributed by atoms with Gasteiger partial charge in [0, 0.05) is 42.9 Å². The lowest BCUT2D eigenvalue weighted by Crippen LogP contribution is -2.53. The highest BCUT2D eigenvalue weighted by molar-refractivity contribution is 7.89. The van der Waals surface area contributed by atoms with Gasteiger partial charge < -0.3 is 34.5 Å². The Labute approximate surface area is 252 Å². The first-order valence-electron chi connectivity index (χ1n) is 13.0. The Morgan fingerprint density at radius 2 is 1.79 bits per heavy atom. The predicted octanol–water partition coefficient (Wildman–Crippen LogP) is 2.38. The molecule has 1 aliphatic heterocycles. The fraction of sp³-hybridized carbons (Fsp3) is 0.393. The van der Waals surface area contributed by atoms with E-state index in [9.17, 15) is 33.0 Å². The van der Waals surface area contributed by atoms with E-state index in [0.717, 1.165) is 0 Å². The van der Waals surface area contributed by atoms with Crippen molar-refractivity contribution in [3.05, 3.63) is 51.7 Å². The molecule has 3 atom stereocenters. The summed E-state index contributed by atoms with van der Waals surface area (Å²) in [4.78, 5) is 40.8.